The maximum Gasteiger partial charge on any atom is 0.336 e. The summed E-state index contributed by atoms with van der Waals surface area (Å²) < 4.78 is 0. The normalized spacial score (nSPS) is 12.5. The van der Waals surface area contributed by atoms with Crippen molar-refractivity contribution in [2.75, 3.05) is 0 Å². The summed E-state index contributed by atoms with van der Waals surface area (Å²) >= 11 is 0. The number of rotatable bonds is 8. The fraction of sp³-hybridized carbons (Fsp3) is 0.130. The second-order valence-corrected chi connectivity index (χ2v) is 6.83. The Bertz CT molecular complexity index is 1100. The molecule has 0 unspecified atom stereocenters. The number of aliphatic hydroxyl groups excluding tert-OH is 1. The molecule has 8 nitrogen and oxygen atoms in total. The first kappa shape index (κ1) is 21.7. The van der Waals surface area contributed by atoms with Crippen LogP contribution in [0.25, 0.3) is 11.3 Å². The second kappa shape index (κ2) is 9.64. The van der Waals surface area contributed by atoms with Gasteiger partial charge in [0.05, 0.1) is 17.3 Å². The highest BCUT2D eigenvalue weighted by Gasteiger charge is 2.28. The minimum absolute atomic E-state index is 0.0378. The Morgan fingerprint density at radius 3 is 2.29 bits per heavy atom. The van der Waals surface area contributed by atoms with Crippen LogP contribution in [0.3, 0.4) is 0 Å². The van der Waals surface area contributed by atoms with Crippen molar-refractivity contribution in [1.82, 2.24) is 10.3 Å². The van der Waals surface area contributed by atoms with Crippen LogP contribution in [-0.2, 0) is 11.2 Å². The van der Waals surface area contributed by atoms with Crippen molar-refractivity contribution in [1.29, 1.82) is 0 Å². The first-order chi connectivity index (χ1) is 14.9. The summed E-state index contributed by atoms with van der Waals surface area (Å²) in [5, 5.41) is 31.3. The molecule has 4 N–H and O–H groups in total. The maximum absolute atomic E-state index is 12.8. The number of carbonyl (C=O) groups is 3. The number of carbonyl (C=O) groups excluding carboxylic acids is 1. The quantitative estimate of drug-likeness (QED) is 0.439. The zero-order valence-corrected chi connectivity index (χ0v) is 16.3. The lowest BCUT2D eigenvalue weighted by atomic mass is 10.00. The molecule has 0 aliphatic carbocycles. The minimum atomic E-state index is -1.81. The van der Waals surface area contributed by atoms with Gasteiger partial charge in [-0.25, -0.2) is 9.59 Å². The van der Waals surface area contributed by atoms with Gasteiger partial charge in [-0.15, -0.1) is 0 Å². The molecule has 1 aromatic heterocycles. The van der Waals surface area contributed by atoms with Crippen LogP contribution in [0.1, 0.15) is 26.3 Å². The number of pyridine rings is 1. The molecule has 0 saturated carbocycles. The molecule has 0 spiro atoms. The predicted molar refractivity (Wildman–Crippen MR) is 112 cm³/mol. The van der Waals surface area contributed by atoms with Gasteiger partial charge in [-0.2, -0.15) is 0 Å². The van der Waals surface area contributed by atoms with Crippen molar-refractivity contribution in [3.63, 3.8) is 0 Å². The van der Waals surface area contributed by atoms with Crippen LogP contribution < -0.4 is 5.32 Å². The highest BCUT2D eigenvalue weighted by molar-refractivity contribution is 5.98. The third kappa shape index (κ3) is 5.31. The van der Waals surface area contributed by atoms with Gasteiger partial charge in [0.2, 0.25) is 0 Å². The molecule has 158 valence electrons. The topological polar surface area (TPSA) is 137 Å². The Balaban J connectivity index is 1.87. The molecule has 0 fully saturated rings. The van der Waals surface area contributed by atoms with Gasteiger partial charge in [-0.05, 0) is 30.2 Å². The monoisotopic (exact) mass is 420 g/mol. The molecule has 2 aromatic carbocycles. The molecule has 0 aliphatic heterocycles. The van der Waals surface area contributed by atoms with E-state index < -0.39 is 30.0 Å². The molecule has 2 atom stereocenters. The molecule has 0 bridgehead atoms. The summed E-state index contributed by atoms with van der Waals surface area (Å²) in [5.74, 6) is -3.19. The number of amides is 1. The van der Waals surface area contributed by atoms with Gasteiger partial charge in [0.25, 0.3) is 5.91 Å². The lowest BCUT2D eigenvalue weighted by molar-refractivity contribution is -0.148. The number of hydrogen-bond donors (Lipinski definition) is 4. The number of nitrogens with zero attached hydrogens (tertiary/aromatic N) is 1. The molecule has 8 heteroatoms. The van der Waals surface area contributed by atoms with Crippen molar-refractivity contribution >= 4 is 17.8 Å². The van der Waals surface area contributed by atoms with E-state index in [0.29, 0.717) is 5.56 Å². The van der Waals surface area contributed by atoms with Crippen molar-refractivity contribution in [3.05, 3.63) is 89.6 Å². The van der Waals surface area contributed by atoms with Gasteiger partial charge in [0.1, 0.15) is 0 Å². The molecule has 31 heavy (non-hydrogen) atoms. The first-order valence-electron chi connectivity index (χ1n) is 9.41. The number of carboxylic acids is 2. The van der Waals surface area contributed by atoms with Gasteiger partial charge in [0.15, 0.2) is 6.10 Å². The zero-order valence-electron chi connectivity index (χ0n) is 16.3. The van der Waals surface area contributed by atoms with E-state index in [9.17, 15) is 29.7 Å². The SMILES string of the molecule is O=C(N[C@H](Cc1ccccc1)[C@@H](O)C(=O)O)c1ccnc(-c2ccccc2C(=O)O)c1. The predicted octanol–water partition coefficient (Wildman–Crippen LogP) is 2.23. The van der Waals surface area contributed by atoms with Gasteiger partial charge in [-0.1, -0.05) is 48.5 Å². The van der Waals surface area contributed by atoms with E-state index in [1.54, 1.807) is 48.5 Å². The van der Waals surface area contributed by atoms with E-state index in [2.05, 4.69) is 10.3 Å². The Labute approximate surface area is 177 Å². The van der Waals surface area contributed by atoms with Crippen molar-refractivity contribution in [2.45, 2.75) is 18.6 Å². The summed E-state index contributed by atoms with van der Waals surface area (Å²) in [7, 11) is 0. The van der Waals surface area contributed by atoms with Crippen LogP contribution in [0.5, 0.6) is 0 Å². The second-order valence-electron chi connectivity index (χ2n) is 6.83. The number of nitrogens with one attached hydrogen (secondary N) is 1. The average Bonchev–Trinajstić information content (AvgIpc) is 2.78. The van der Waals surface area contributed by atoms with E-state index in [0.717, 1.165) is 5.56 Å². The summed E-state index contributed by atoms with van der Waals surface area (Å²) in [6.45, 7) is 0. The minimum Gasteiger partial charge on any atom is -0.479 e. The lowest BCUT2D eigenvalue weighted by Gasteiger charge is -2.22. The maximum atomic E-state index is 12.8. The smallest absolute Gasteiger partial charge is 0.336 e. The third-order valence-corrected chi connectivity index (χ3v) is 4.70. The van der Waals surface area contributed by atoms with Crippen LogP contribution in [0.15, 0.2) is 72.9 Å². The molecule has 3 rings (SSSR count). The Hall–Kier alpha value is -4.04. The fourth-order valence-corrected chi connectivity index (χ4v) is 3.15. The molecular formula is C23H20N2O6. The largest absolute Gasteiger partial charge is 0.479 e. The number of hydrogen-bond acceptors (Lipinski definition) is 5. The first-order valence-corrected chi connectivity index (χ1v) is 9.41. The van der Waals surface area contributed by atoms with Crippen LogP contribution in [0, 0.1) is 0 Å². The summed E-state index contributed by atoms with van der Waals surface area (Å²) in [5.41, 5.74) is 1.57. The molecular weight excluding hydrogens is 400 g/mol. The lowest BCUT2D eigenvalue weighted by Crippen LogP contribution is -2.48. The van der Waals surface area contributed by atoms with E-state index in [1.165, 1.54) is 24.4 Å². The number of benzene rings is 2. The van der Waals surface area contributed by atoms with E-state index in [-0.39, 0.29) is 23.2 Å². The summed E-state index contributed by atoms with van der Waals surface area (Å²) in [6, 6.07) is 16.9. The highest BCUT2D eigenvalue weighted by Crippen LogP contribution is 2.22. The Morgan fingerprint density at radius 2 is 1.61 bits per heavy atom. The fourth-order valence-electron chi connectivity index (χ4n) is 3.15. The van der Waals surface area contributed by atoms with Crippen LogP contribution >= 0.6 is 0 Å². The number of aromatic carboxylic acids is 1. The zero-order chi connectivity index (χ0) is 22.4. The van der Waals surface area contributed by atoms with Crippen molar-refractivity contribution in [2.24, 2.45) is 0 Å². The van der Waals surface area contributed by atoms with Gasteiger partial charge in [0, 0.05) is 17.3 Å². The third-order valence-electron chi connectivity index (χ3n) is 4.70. The summed E-state index contributed by atoms with van der Waals surface area (Å²) in [4.78, 5) is 39.8. The van der Waals surface area contributed by atoms with Gasteiger partial charge >= 0.3 is 11.9 Å². The summed E-state index contributed by atoms with van der Waals surface area (Å²) in [6.07, 6.45) is -0.332. The molecule has 0 saturated heterocycles. The number of aromatic nitrogens is 1. The molecule has 0 radical (unpaired) electrons. The molecule has 3 aromatic rings. The van der Waals surface area contributed by atoms with Gasteiger partial charge < -0.3 is 20.6 Å². The highest BCUT2D eigenvalue weighted by atomic mass is 16.4. The number of aliphatic carboxylic acids is 1. The number of aliphatic hydroxyl groups is 1. The molecule has 0 aliphatic rings. The van der Waals surface area contributed by atoms with Crippen molar-refractivity contribution < 1.29 is 29.7 Å². The van der Waals surface area contributed by atoms with E-state index in [1.807, 2.05) is 0 Å². The van der Waals surface area contributed by atoms with E-state index in [4.69, 9.17) is 0 Å². The van der Waals surface area contributed by atoms with Crippen LogP contribution in [0.2, 0.25) is 0 Å². The Morgan fingerprint density at radius 1 is 0.935 bits per heavy atom. The molecule has 1 heterocycles. The Kier molecular flexibility index (Phi) is 6.74. The average molecular weight is 420 g/mol. The standard InChI is InChI=1S/C23H20N2O6/c26-20(23(30)31)19(12-14-6-2-1-3-7-14)25-21(27)15-10-11-24-18(13-15)16-8-4-5-9-17(16)22(28)29/h1-11,13,19-20,26H,12H2,(H,25,27)(H,28,29)(H,30,31)/t19-,20-/m1/s1. The van der Waals surface area contributed by atoms with E-state index >= 15 is 0 Å². The van der Waals surface area contributed by atoms with Crippen LogP contribution in [-0.4, -0.2) is 50.3 Å². The molecule has 1 amide bonds. The number of carboxylic acid groups (broad SMARTS) is 2. The van der Waals surface area contributed by atoms with Gasteiger partial charge in [-0.3, -0.25) is 9.78 Å². The van der Waals surface area contributed by atoms with Crippen LogP contribution in [0.4, 0.5) is 0 Å². The van der Waals surface area contributed by atoms with Crippen molar-refractivity contribution in [3.8, 4) is 11.3 Å².